The fraction of sp³-hybridized carbons (Fsp3) is 0.500. The average Bonchev–Trinajstić information content (AvgIpc) is 2.38. The van der Waals surface area contributed by atoms with E-state index in [4.69, 9.17) is 15.7 Å². The molecule has 0 spiro atoms. The quantitative estimate of drug-likeness (QED) is 0.812. The van der Waals surface area contributed by atoms with E-state index < -0.39 is 0 Å². The number of hydrogen-bond donors (Lipinski definition) is 1. The van der Waals surface area contributed by atoms with Crippen LogP contribution in [0.5, 0.6) is 5.75 Å². The molecule has 0 bridgehead atoms. The summed E-state index contributed by atoms with van der Waals surface area (Å²) in [5, 5.41) is 8.77. The molecule has 0 heterocycles. The smallest absolute Gasteiger partial charge is 0.121 e. The van der Waals surface area contributed by atoms with Gasteiger partial charge in [-0.15, -0.1) is 0 Å². The molecule has 1 saturated carbocycles. The lowest BCUT2D eigenvalue weighted by molar-refractivity contribution is 0.209. The van der Waals surface area contributed by atoms with Crippen LogP contribution < -0.4 is 10.5 Å². The van der Waals surface area contributed by atoms with Gasteiger partial charge in [-0.05, 0) is 30.9 Å². The largest absolute Gasteiger partial charge is 0.493 e. The lowest BCUT2D eigenvalue weighted by atomic mass is 9.90. The Kier molecular flexibility index (Phi) is 3.87. The molecule has 90 valence electrons. The van der Waals surface area contributed by atoms with Crippen molar-refractivity contribution in [2.45, 2.75) is 32.1 Å². The van der Waals surface area contributed by atoms with E-state index in [9.17, 15) is 0 Å². The van der Waals surface area contributed by atoms with Gasteiger partial charge in [0.2, 0.25) is 0 Å². The molecule has 3 nitrogen and oxygen atoms in total. The number of hydrogen-bond acceptors (Lipinski definition) is 3. The van der Waals surface area contributed by atoms with Crippen LogP contribution in [0.15, 0.2) is 18.2 Å². The van der Waals surface area contributed by atoms with Gasteiger partial charge in [-0.25, -0.2) is 0 Å². The molecule has 0 aliphatic heterocycles. The summed E-state index contributed by atoms with van der Waals surface area (Å²) in [6, 6.07) is 7.32. The highest BCUT2D eigenvalue weighted by Gasteiger charge is 2.14. The van der Waals surface area contributed by atoms with Gasteiger partial charge < -0.3 is 10.5 Å². The third-order valence-corrected chi connectivity index (χ3v) is 3.35. The molecule has 17 heavy (non-hydrogen) atoms. The highest BCUT2D eigenvalue weighted by Crippen LogP contribution is 2.25. The van der Waals surface area contributed by atoms with E-state index in [1.807, 2.05) is 12.1 Å². The first-order valence-electron chi connectivity index (χ1n) is 6.22. The van der Waals surface area contributed by atoms with Crippen LogP contribution in [0.2, 0.25) is 0 Å². The van der Waals surface area contributed by atoms with E-state index >= 15 is 0 Å². The lowest BCUT2D eigenvalue weighted by Gasteiger charge is -2.21. The lowest BCUT2D eigenvalue weighted by Crippen LogP contribution is -2.15. The highest BCUT2D eigenvalue weighted by atomic mass is 16.5. The van der Waals surface area contributed by atoms with Gasteiger partial charge in [0.1, 0.15) is 11.8 Å². The first-order chi connectivity index (χ1) is 8.29. The van der Waals surface area contributed by atoms with Gasteiger partial charge in [0, 0.05) is 6.07 Å². The van der Waals surface area contributed by atoms with Gasteiger partial charge in [0.05, 0.1) is 17.9 Å². The monoisotopic (exact) mass is 230 g/mol. The van der Waals surface area contributed by atoms with Crippen molar-refractivity contribution < 1.29 is 4.74 Å². The molecule has 0 aromatic heterocycles. The van der Waals surface area contributed by atoms with Crippen LogP contribution in [0, 0.1) is 17.2 Å². The van der Waals surface area contributed by atoms with Crippen molar-refractivity contribution in [1.29, 1.82) is 5.26 Å². The summed E-state index contributed by atoms with van der Waals surface area (Å²) in [6.45, 7) is 0.769. The third-order valence-electron chi connectivity index (χ3n) is 3.35. The second kappa shape index (κ2) is 5.58. The molecular weight excluding hydrogens is 212 g/mol. The summed E-state index contributed by atoms with van der Waals surface area (Å²) in [4.78, 5) is 0. The maximum Gasteiger partial charge on any atom is 0.121 e. The van der Waals surface area contributed by atoms with Crippen molar-refractivity contribution in [3.63, 3.8) is 0 Å². The maximum absolute atomic E-state index is 8.77. The Morgan fingerprint density at radius 2 is 2.06 bits per heavy atom. The number of ether oxygens (including phenoxy) is 1. The topological polar surface area (TPSA) is 59.0 Å². The molecule has 0 unspecified atom stereocenters. The predicted octanol–water partition coefficient (Wildman–Crippen LogP) is 3.10. The van der Waals surface area contributed by atoms with Crippen LogP contribution >= 0.6 is 0 Å². The Morgan fingerprint density at radius 3 is 2.71 bits per heavy atom. The summed E-state index contributed by atoms with van der Waals surface area (Å²) in [7, 11) is 0. The molecule has 0 atom stereocenters. The van der Waals surface area contributed by atoms with Crippen LogP contribution in [0.1, 0.15) is 37.7 Å². The minimum absolute atomic E-state index is 0.494. The standard InChI is InChI=1S/C14H18N2O/c15-9-12-6-7-13(8-14(12)16)17-10-11-4-2-1-3-5-11/h6-8,11H,1-5,10,16H2. The van der Waals surface area contributed by atoms with Crippen LogP contribution in [-0.2, 0) is 0 Å². The van der Waals surface area contributed by atoms with Gasteiger partial charge in [-0.1, -0.05) is 19.3 Å². The molecule has 0 radical (unpaired) electrons. The van der Waals surface area contributed by atoms with Crippen LogP contribution in [0.3, 0.4) is 0 Å². The second-order valence-corrected chi connectivity index (χ2v) is 4.68. The number of nitrogens with zero attached hydrogens (tertiary/aromatic N) is 1. The Hall–Kier alpha value is -1.69. The zero-order valence-electron chi connectivity index (χ0n) is 9.98. The Labute approximate surface area is 102 Å². The van der Waals surface area contributed by atoms with Crippen LogP contribution in [-0.4, -0.2) is 6.61 Å². The van der Waals surface area contributed by atoms with Gasteiger partial charge in [0.15, 0.2) is 0 Å². The summed E-state index contributed by atoms with van der Waals surface area (Å²) in [5.74, 6) is 1.45. The molecule has 0 saturated heterocycles. The highest BCUT2D eigenvalue weighted by molar-refractivity contribution is 5.56. The van der Waals surface area contributed by atoms with Crippen LogP contribution in [0.25, 0.3) is 0 Å². The van der Waals surface area contributed by atoms with E-state index in [1.165, 1.54) is 32.1 Å². The van der Waals surface area contributed by atoms with Crippen molar-refractivity contribution in [3.05, 3.63) is 23.8 Å². The molecule has 1 aromatic carbocycles. The zero-order chi connectivity index (χ0) is 12.1. The third kappa shape index (κ3) is 3.13. The van der Waals surface area contributed by atoms with Gasteiger partial charge >= 0.3 is 0 Å². The van der Waals surface area contributed by atoms with E-state index in [0.717, 1.165) is 12.4 Å². The van der Waals surface area contributed by atoms with E-state index in [1.54, 1.807) is 12.1 Å². The number of benzene rings is 1. The first-order valence-corrected chi connectivity index (χ1v) is 6.22. The molecule has 2 rings (SSSR count). The molecule has 0 amide bonds. The fourth-order valence-corrected chi connectivity index (χ4v) is 2.30. The number of nitrogens with two attached hydrogens (primary N) is 1. The Balaban J connectivity index is 1.90. The van der Waals surface area contributed by atoms with Crippen molar-refractivity contribution in [1.82, 2.24) is 0 Å². The summed E-state index contributed by atoms with van der Waals surface area (Å²) in [6.07, 6.45) is 6.55. The maximum atomic E-state index is 8.77. The molecule has 3 heteroatoms. The van der Waals surface area contributed by atoms with E-state index in [0.29, 0.717) is 17.2 Å². The van der Waals surface area contributed by atoms with Crippen molar-refractivity contribution in [2.24, 2.45) is 5.92 Å². The van der Waals surface area contributed by atoms with E-state index in [2.05, 4.69) is 0 Å². The summed E-state index contributed by atoms with van der Waals surface area (Å²) >= 11 is 0. The van der Waals surface area contributed by atoms with Gasteiger partial charge in [-0.3, -0.25) is 0 Å². The minimum Gasteiger partial charge on any atom is -0.493 e. The fourth-order valence-electron chi connectivity index (χ4n) is 2.30. The molecule has 2 N–H and O–H groups in total. The predicted molar refractivity (Wildman–Crippen MR) is 67.6 cm³/mol. The summed E-state index contributed by atoms with van der Waals surface area (Å²) < 4.78 is 5.74. The molecule has 1 fully saturated rings. The normalized spacial score (nSPS) is 16.4. The van der Waals surface area contributed by atoms with Crippen molar-refractivity contribution in [2.75, 3.05) is 12.3 Å². The number of nitrogen functional groups attached to an aromatic ring is 1. The van der Waals surface area contributed by atoms with Crippen molar-refractivity contribution >= 4 is 5.69 Å². The number of anilines is 1. The molecular formula is C14H18N2O. The second-order valence-electron chi connectivity index (χ2n) is 4.68. The number of rotatable bonds is 3. The Morgan fingerprint density at radius 1 is 1.29 bits per heavy atom. The zero-order valence-corrected chi connectivity index (χ0v) is 9.98. The summed E-state index contributed by atoms with van der Waals surface area (Å²) in [5.41, 5.74) is 6.74. The Bertz CT molecular complexity index is 417. The van der Waals surface area contributed by atoms with Crippen LogP contribution in [0.4, 0.5) is 5.69 Å². The number of nitriles is 1. The SMILES string of the molecule is N#Cc1ccc(OCC2CCCCC2)cc1N. The van der Waals surface area contributed by atoms with Crippen molar-refractivity contribution in [3.8, 4) is 11.8 Å². The molecule has 1 aromatic rings. The first kappa shape index (κ1) is 11.8. The molecule has 1 aliphatic rings. The van der Waals surface area contributed by atoms with Gasteiger partial charge in [-0.2, -0.15) is 5.26 Å². The average molecular weight is 230 g/mol. The van der Waals surface area contributed by atoms with E-state index in [-0.39, 0.29) is 0 Å². The minimum atomic E-state index is 0.494. The molecule has 1 aliphatic carbocycles. The van der Waals surface area contributed by atoms with Gasteiger partial charge in [0.25, 0.3) is 0 Å².